The molecule has 1 aromatic rings. The van der Waals surface area contributed by atoms with Crippen LogP contribution in [-0.2, 0) is 6.42 Å². The average molecular weight is 328 g/mol. The average Bonchev–Trinajstić information content (AvgIpc) is 2.87. The summed E-state index contributed by atoms with van der Waals surface area (Å²) in [6.45, 7) is 3.27. The first-order valence-electron chi connectivity index (χ1n) is 7.06. The van der Waals surface area contributed by atoms with Crippen molar-refractivity contribution in [3.05, 3.63) is 22.2 Å². The molecule has 19 heavy (non-hydrogen) atoms. The van der Waals surface area contributed by atoms with Crippen molar-refractivity contribution in [2.24, 2.45) is 5.73 Å². The van der Waals surface area contributed by atoms with Crippen molar-refractivity contribution in [3.63, 3.8) is 0 Å². The molecule has 3 nitrogen and oxygen atoms in total. The number of nitrogens with two attached hydrogens (primary N) is 1. The van der Waals surface area contributed by atoms with Gasteiger partial charge >= 0.3 is 0 Å². The Morgan fingerprint density at radius 1 is 1.32 bits per heavy atom. The number of hydrogen-bond donors (Lipinski definition) is 1. The van der Waals surface area contributed by atoms with E-state index < -0.39 is 0 Å². The van der Waals surface area contributed by atoms with Gasteiger partial charge in [-0.1, -0.05) is 0 Å². The highest BCUT2D eigenvalue weighted by molar-refractivity contribution is 9.10. The lowest BCUT2D eigenvalue weighted by atomic mass is 10.1. The Kier molecular flexibility index (Phi) is 5.52. The summed E-state index contributed by atoms with van der Waals surface area (Å²) in [5.74, 6) is 1.67. The summed E-state index contributed by atoms with van der Waals surface area (Å²) in [4.78, 5) is 0. The van der Waals surface area contributed by atoms with Gasteiger partial charge in [0.1, 0.15) is 0 Å². The molecular formula is C15H22BrNO2. The van der Waals surface area contributed by atoms with Crippen molar-refractivity contribution in [1.82, 2.24) is 0 Å². The van der Waals surface area contributed by atoms with Gasteiger partial charge in [0.25, 0.3) is 0 Å². The molecule has 0 radical (unpaired) electrons. The summed E-state index contributed by atoms with van der Waals surface area (Å²) in [5.41, 5.74) is 6.79. The van der Waals surface area contributed by atoms with Crippen molar-refractivity contribution in [2.45, 2.75) is 45.1 Å². The first-order chi connectivity index (χ1) is 9.24. The second kappa shape index (κ2) is 7.15. The standard InChI is InChI=1S/C15H22BrNO2/c1-2-18-14-10-11(7-8-17)9-13(16)15(14)19-12-5-3-4-6-12/h9-10,12H,2-8,17H2,1H3. The molecule has 0 atom stereocenters. The molecule has 1 aliphatic carbocycles. The van der Waals surface area contributed by atoms with Gasteiger partial charge in [0.2, 0.25) is 0 Å². The summed E-state index contributed by atoms with van der Waals surface area (Å²) < 4.78 is 12.8. The van der Waals surface area contributed by atoms with Gasteiger partial charge in [-0.25, -0.2) is 0 Å². The van der Waals surface area contributed by atoms with Gasteiger partial charge in [-0.15, -0.1) is 0 Å². The van der Waals surface area contributed by atoms with Gasteiger partial charge in [-0.3, -0.25) is 0 Å². The lowest BCUT2D eigenvalue weighted by molar-refractivity contribution is 0.195. The second-order valence-electron chi connectivity index (χ2n) is 4.90. The molecule has 1 aromatic carbocycles. The van der Waals surface area contributed by atoms with E-state index in [4.69, 9.17) is 15.2 Å². The highest BCUT2D eigenvalue weighted by Gasteiger charge is 2.20. The number of rotatable bonds is 6. The van der Waals surface area contributed by atoms with E-state index in [1.54, 1.807) is 0 Å². The number of hydrogen-bond acceptors (Lipinski definition) is 3. The maximum absolute atomic E-state index is 6.12. The smallest absolute Gasteiger partial charge is 0.175 e. The molecule has 0 saturated heterocycles. The van der Waals surface area contributed by atoms with E-state index in [2.05, 4.69) is 22.0 Å². The molecule has 4 heteroatoms. The Bertz CT molecular complexity index is 417. The maximum atomic E-state index is 6.12. The van der Waals surface area contributed by atoms with Crippen LogP contribution < -0.4 is 15.2 Å². The molecule has 0 aliphatic heterocycles. The largest absolute Gasteiger partial charge is 0.490 e. The molecule has 0 bridgehead atoms. The van der Waals surface area contributed by atoms with Crippen LogP contribution in [0.4, 0.5) is 0 Å². The fourth-order valence-corrected chi connectivity index (χ4v) is 3.07. The Balaban J connectivity index is 2.22. The van der Waals surface area contributed by atoms with Crippen molar-refractivity contribution >= 4 is 15.9 Å². The van der Waals surface area contributed by atoms with Crippen molar-refractivity contribution in [2.75, 3.05) is 13.2 Å². The van der Waals surface area contributed by atoms with Crippen LogP contribution in [0.2, 0.25) is 0 Å². The van der Waals surface area contributed by atoms with Crippen LogP contribution in [0, 0.1) is 0 Å². The van der Waals surface area contributed by atoms with Crippen LogP contribution in [0.25, 0.3) is 0 Å². The van der Waals surface area contributed by atoms with E-state index in [1.807, 2.05) is 13.0 Å². The predicted octanol–water partition coefficient (Wildman–Crippen LogP) is 3.67. The zero-order valence-electron chi connectivity index (χ0n) is 11.5. The minimum atomic E-state index is 0.330. The van der Waals surface area contributed by atoms with E-state index in [1.165, 1.54) is 18.4 Å². The lowest BCUT2D eigenvalue weighted by Gasteiger charge is -2.19. The van der Waals surface area contributed by atoms with Gasteiger partial charge in [0, 0.05) is 0 Å². The predicted molar refractivity (Wildman–Crippen MR) is 81.0 cm³/mol. The SMILES string of the molecule is CCOc1cc(CCN)cc(Br)c1OC1CCCC1. The number of ether oxygens (including phenoxy) is 2. The summed E-state index contributed by atoms with van der Waals surface area (Å²) in [6.07, 6.45) is 5.98. The Morgan fingerprint density at radius 2 is 2.05 bits per heavy atom. The minimum Gasteiger partial charge on any atom is -0.490 e. The molecule has 0 aromatic heterocycles. The zero-order chi connectivity index (χ0) is 13.7. The Labute approximate surface area is 123 Å². The monoisotopic (exact) mass is 327 g/mol. The summed E-state index contributed by atoms with van der Waals surface area (Å²) in [6, 6.07) is 4.13. The van der Waals surface area contributed by atoms with Crippen LogP contribution in [0.3, 0.4) is 0 Å². The number of halogens is 1. The van der Waals surface area contributed by atoms with Crippen molar-refractivity contribution in [1.29, 1.82) is 0 Å². The molecule has 1 saturated carbocycles. The third-order valence-corrected chi connectivity index (χ3v) is 3.98. The summed E-state index contributed by atoms with van der Waals surface area (Å²) >= 11 is 3.60. The fraction of sp³-hybridized carbons (Fsp3) is 0.600. The van der Waals surface area contributed by atoms with Gasteiger partial charge in [-0.05, 0) is 79.2 Å². The molecular weight excluding hydrogens is 306 g/mol. The first kappa shape index (κ1) is 14.7. The zero-order valence-corrected chi connectivity index (χ0v) is 13.0. The van der Waals surface area contributed by atoms with Gasteiger partial charge in [0.15, 0.2) is 11.5 Å². The fourth-order valence-electron chi connectivity index (χ4n) is 2.48. The van der Waals surface area contributed by atoms with E-state index in [-0.39, 0.29) is 0 Å². The van der Waals surface area contributed by atoms with Crippen LogP contribution >= 0.6 is 15.9 Å². The lowest BCUT2D eigenvalue weighted by Crippen LogP contribution is -2.13. The second-order valence-corrected chi connectivity index (χ2v) is 5.76. The molecule has 0 unspecified atom stereocenters. The third-order valence-electron chi connectivity index (χ3n) is 3.39. The molecule has 2 rings (SSSR count). The minimum absolute atomic E-state index is 0.330. The van der Waals surface area contributed by atoms with Crippen molar-refractivity contribution in [3.8, 4) is 11.5 Å². The third kappa shape index (κ3) is 3.86. The van der Waals surface area contributed by atoms with Gasteiger partial charge < -0.3 is 15.2 Å². The van der Waals surface area contributed by atoms with E-state index in [0.29, 0.717) is 19.3 Å². The molecule has 106 valence electrons. The molecule has 1 aliphatic rings. The van der Waals surface area contributed by atoms with Crippen LogP contribution in [0.5, 0.6) is 11.5 Å². The first-order valence-corrected chi connectivity index (χ1v) is 7.85. The molecule has 0 spiro atoms. The Hall–Kier alpha value is -0.740. The Morgan fingerprint density at radius 3 is 2.68 bits per heavy atom. The van der Waals surface area contributed by atoms with E-state index in [0.717, 1.165) is 35.2 Å². The van der Waals surface area contributed by atoms with Gasteiger partial charge in [-0.2, -0.15) is 0 Å². The quantitative estimate of drug-likeness (QED) is 0.866. The molecule has 2 N–H and O–H groups in total. The van der Waals surface area contributed by atoms with E-state index in [9.17, 15) is 0 Å². The van der Waals surface area contributed by atoms with Crippen LogP contribution in [0.1, 0.15) is 38.2 Å². The van der Waals surface area contributed by atoms with Crippen LogP contribution in [0.15, 0.2) is 16.6 Å². The van der Waals surface area contributed by atoms with Gasteiger partial charge in [0.05, 0.1) is 17.2 Å². The maximum Gasteiger partial charge on any atom is 0.175 e. The molecule has 0 heterocycles. The summed E-state index contributed by atoms with van der Waals surface area (Å²) in [5, 5.41) is 0. The summed E-state index contributed by atoms with van der Waals surface area (Å²) in [7, 11) is 0. The highest BCUT2D eigenvalue weighted by atomic mass is 79.9. The highest BCUT2D eigenvalue weighted by Crippen LogP contribution is 2.39. The van der Waals surface area contributed by atoms with Crippen LogP contribution in [-0.4, -0.2) is 19.3 Å². The van der Waals surface area contributed by atoms with Crippen molar-refractivity contribution < 1.29 is 9.47 Å². The molecule has 0 amide bonds. The topological polar surface area (TPSA) is 44.5 Å². The normalized spacial score (nSPS) is 15.7. The molecule has 1 fully saturated rings. The number of benzene rings is 1. The van der Waals surface area contributed by atoms with E-state index >= 15 is 0 Å².